The van der Waals surface area contributed by atoms with Gasteiger partial charge in [0.25, 0.3) is 0 Å². The average Bonchev–Trinajstić information content (AvgIpc) is 3.71. The quantitative estimate of drug-likeness (QED) is 0.0457. The van der Waals surface area contributed by atoms with Crippen LogP contribution in [0.1, 0.15) is 213 Å². The maximum Gasteiger partial charge on any atom is 0.242 e. The highest BCUT2D eigenvalue weighted by atomic mass is 16.2. The van der Waals surface area contributed by atoms with Crippen LogP contribution in [-0.4, -0.2) is 46.4 Å². The number of allylic oxidation sites excluding steroid dienone is 4. The van der Waals surface area contributed by atoms with Crippen LogP contribution >= 0.6 is 0 Å². The van der Waals surface area contributed by atoms with Gasteiger partial charge in [0.15, 0.2) is 0 Å². The second-order valence-electron chi connectivity index (χ2n) is 15.7. The molecule has 1 atom stereocenters. The molecule has 3 N–H and O–H groups in total. The fourth-order valence-electron chi connectivity index (χ4n) is 6.89. The SMILES string of the molecule is CCCCCCCC/C=C\CCCCCCCC(=O)NCCCC(NC(=O)CCCCCCC/C=C\CCCCCCCC)C(=O)NCCCn1ccnc1. The third-order valence-corrected chi connectivity index (χ3v) is 10.4. The van der Waals surface area contributed by atoms with E-state index in [1.807, 2.05) is 10.8 Å². The summed E-state index contributed by atoms with van der Waals surface area (Å²) >= 11 is 0. The predicted octanol–water partition coefficient (Wildman–Crippen LogP) is 11.8. The van der Waals surface area contributed by atoms with E-state index >= 15 is 0 Å². The highest BCUT2D eigenvalue weighted by Gasteiger charge is 2.20. The van der Waals surface area contributed by atoms with Crippen molar-refractivity contribution < 1.29 is 14.4 Å². The predicted molar refractivity (Wildman–Crippen MR) is 233 cm³/mol. The van der Waals surface area contributed by atoms with Gasteiger partial charge in [-0.05, 0) is 83.5 Å². The first-order valence-electron chi connectivity index (χ1n) is 23.2. The average molecular weight is 768 g/mol. The minimum atomic E-state index is -0.592. The van der Waals surface area contributed by atoms with Crippen LogP contribution in [0, 0.1) is 0 Å². The van der Waals surface area contributed by atoms with Gasteiger partial charge in [0.05, 0.1) is 6.33 Å². The van der Waals surface area contributed by atoms with Gasteiger partial charge in [-0.1, -0.05) is 141 Å². The molecule has 0 fully saturated rings. The molecule has 0 aliphatic rings. The highest BCUT2D eigenvalue weighted by Crippen LogP contribution is 2.12. The van der Waals surface area contributed by atoms with Gasteiger partial charge >= 0.3 is 0 Å². The molecular formula is C47H85N5O3. The largest absolute Gasteiger partial charge is 0.356 e. The van der Waals surface area contributed by atoms with Gasteiger partial charge in [0.2, 0.25) is 17.7 Å². The molecule has 0 spiro atoms. The number of amides is 3. The molecule has 1 aromatic rings. The smallest absolute Gasteiger partial charge is 0.242 e. The molecule has 0 aromatic carbocycles. The molecule has 0 aliphatic heterocycles. The molecule has 0 saturated carbocycles. The number of aryl methyl sites for hydroxylation is 1. The molecule has 1 heterocycles. The molecule has 0 radical (unpaired) electrons. The van der Waals surface area contributed by atoms with E-state index in [-0.39, 0.29) is 17.7 Å². The lowest BCUT2D eigenvalue weighted by Gasteiger charge is -2.19. The van der Waals surface area contributed by atoms with Crippen LogP contribution in [0.2, 0.25) is 0 Å². The summed E-state index contributed by atoms with van der Waals surface area (Å²) in [4.78, 5) is 42.5. The summed E-state index contributed by atoms with van der Waals surface area (Å²) in [6.07, 6.45) is 49.7. The van der Waals surface area contributed by atoms with Crippen molar-refractivity contribution in [1.29, 1.82) is 0 Å². The molecule has 1 unspecified atom stereocenters. The van der Waals surface area contributed by atoms with E-state index in [0.29, 0.717) is 38.8 Å². The Morgan fingerprint density at radius 3 is 1.49 bits per heavy atom. The molecule has 0 bridgehead atoms. The molecule has 1 rings (SSSR count). The van der Waals surface area contributed by atoms with E-state index in [1.165, 1.54) is 128 Å². The maximum absolute atomic E-state index is 13.1. The second-order valence-corrected chi connectivity index (χ2v) is 15.7. The normalized spacial score (nSPS) is 12.1. The maximum atomic E-state index is 13.1. The number of imidazole rings is 1. The van der Waals surface area contributed by atoms with Gasteiger partial charge in [-0.25, -0.2) is 4.98 Å². The number of carbonyl (C=O) groups is 3. The number of rotatable bonds is 40. The number of carbonyl (C=O) groups excluding carboxylic acids is 3. The first kappa shape index (κ1) is 50.1. The van der Waals surface area contributed by atoms with Crippen molar-refractivity contribution in [1.82, 2.24) is 25.5 Å². The van der Waals surface area contributed by atoms with Gasteiger partial charge in [-0.3, -0.25) is 14.4 Å². The molecule has 1 aromatic heterocycles. The Morgan fingerprint density at radius 2 is 1.00 bits per heavy atom. The number of unbranched alkanes of at least 4 members (excludes halogenated alkanes) is 22. The topological polar surface area (TPSA) is 105 Å². The zero-order chi connectivity index (χ0) is 39.7. The molecule has 8 heteroatoms. The van der Waals surface area contributed by atoms with E-state index in [9.17, 15) is 14.4 Å². The van der Waals surface area contributed by atoms with Crippen molar-refractivity contribution in [2.75, 3.05) is 13.1 Å². The van der Waals surface area contributed by atoms with Crippen molar-refractivity contribution in [2.24, 2.45) is 0 Å². The lowest BCUT2D eigenvalue weighted by molar-refractivity contribution is -0.129. The van der Waals surface area contributed by atoms with Crippen molar-refractivity contribution in [3.05, 3.63) is 43.0 Å². The van der Waals surface area contributed by atoms with Crippen LogP contribution in [0.4, 0.5) is 0 Å². The Kier molecular flexibility index (Phi) is 35.8. The van der Waals surface area contributed by atoms with Crippen LogP contribution in [0.5, 0.6) is 0 Å². The Labute approximate surface area is 338 Å². The summed E-state index contributed by atoms with van der Waals surface area (Å²) in [6.45, 7) is 6.35. The van der Waals surface area contributed by atoms with Gasteiger partial charge in [0, 0.05) is 44.9 Å². The fraction of sp³-hybridized carbons (Fsp3) is 0.787. The Hall–Kier alpha value is -2.90. The lowest BCUT2D eigenvalue weighted by Crippen LogP contribution is -2.47. The minimum Gasteiger partial charge on any atom is -0.356 e. The van der Waals surface area contributed by atoms with Crippen molar-refractivity contribution >= 4 is 17.7 Å². The molecule has 316 valence electrons. The Morgan fingerprint density at radius 1 is 0.545 bits per heavy atom. The lowest BCUT2D eigenvalue weighted by atomic mass is 10.1. The first-order chi connectivity index (χ1) is 27.1. The summed E-state index contributed by atoms with van der Waals surface area (Å²) < 4.78 is 1.99. The Balaban J connectivity index is 2.21. The monoisotopic (exact) mass is 768 g/mol. The van der Waals surface area contributed by atoms with Crippen LogP contribution in [-0.2, 0) is 20.9 Å². The molecule has 0 aliphatic carbocycles. The van der Waals surface area contributed by atoms with Crippen LogP contribution < -0.4 is 16.0 Å². The third-order valence-electron chi connectivity index (χ3n) is 10.4. The molecule has 8 nitrogen and oxygen atoms in total. The van der Waals surface area contributed by atoms with E-state index < -0.39 is 6.04 Å². The number of nitrogens with zero attached hydrogens (tertiary/aromatic N) is 2. The van der Waals surface area contributed by atoms with E-state index in [0.717, 1.165) is 51.5 Å². The van der Waals surface area contributed by atoms with Gasteiger partial charge in [0.1, 0.15) is 6.04 Å². The number of aromatic nitrogens is 2. The van der Waals surface area contributed by atoms with E-state index in [4.69, 9.17) is 0 Å². The summed E-state index contributed by atoms with van der Waals surface area (Å²) in [5.74, 6) is -0.140. The zero-order valence-corrected chi connectivity index (χ0v) is 35.8. The number of hydrogen-bond donors (Lipinski definition) is 3. The molecule has 0 saturated heterocycles. The zero-order valence-electron chi connectivity index (χ0n) is 35.8. The van der Waals surface area contributed by atoms with Crippen LogP contribution in [0.25, 0.3) is 0 Å². The minimum absolute atomic E-state index is 0.0654. The van der Waals surface area contributed by atoms with E-state index in [1.54, 1.807) is 12.5 Å². The van der Waals surface area contributed by atoms with Gasteiger partial charge < -0.3 is 20.5 Å². The summed E-state index contributed by atoms with van der Waals surface area (Å²) in [5, 5.41) is 9.04. The second kappa shape index (κ2) is 39.3. The van der Waals surface area contributed by atoms with Gasteiger partial charge in [-0.2, -0.15) is 0 Å². The molecular weight excluding hydrogens is 683 g/mol. The highest BCUT2D eigenvalue weighted by molar-refractivity contribution is 5.87. The Bertz CT molecular complexity index is 1070. The van der Waals surface area contributed by atoms with Gasteiger partial charge in [-0.15, -0.1) is 0 Å². The van der Waals surface area contributed by atoms with Crippen LogP contribution in [0.3, 0.4) is 0 Å². The first-order valence-corrected chi connectivity index (χ1v) is 23.2. The summed E-state index contributed by atoms with van der Waals surface area (Å²) in [7, 11) is 0. The van der Waals surface area contributed by atoms with Crippen LogP contribution in [0.15, 0.2) is 43.0 Å². The van der Waals surface area contributed by atoms with Crippen molar-refractivity contribution in [3.8, 4) is 0 Å². The molecule has 55 heavy (non-hydrogen) atoms. The van der Waals surface area contributed by atoms with E-state index in [2.05, 4.69) is 59.1 Å². The fourth-order valence-corrected chi connectivity index (χ4v) is 6.89. The van der Waals surface area contributed by atoms with Crippen molar-refractivity contribution in [3.63, 3.8) is 0 Å². The summed E-state index contributed by atoms with van der Waals surface area (Å²) in [5.41, 5.74) is 0. The standard InChI is InChI=1S/C47H85N5O3/c1-3-5-7-9-11-13-15-17-19-21-23-25-27-29-31-36-45(53)49-38-33-35-44(47(55)50-39-34-41-52-42-40-48-43-52)51-46(54)37-32-30-28-26-24-22-20-18-16-14-12-10-8-6-4-2/h17-20,40,42-44H,3-16,21-39,41H2,1-2H3,(H,49,53)(H,50,55)(H,51,54)/b19-17-,20-18-. The van der Waals surface area contributed by atoms with Crippen molar-refractivity contribution in [2.45, 2.75) is 225 Å². The summed E-state index contributed by atoms with van der Waals surface area (Å²) in [6, 6.07) is -0.592. The number of hydrogen-bond acceptors (Lipinski definition) is 4. The molecule has 3 amide bonds. The third kappa shape index (κ3) is 34.1. The number of nitrogens with one attached hydrogen (secondary N) is 3.